The van der Waals surface area contributed by atoms with Crippen molar-refractivity contribution in [1.29, 1.82) is 0 Å². The summed E-state index contributed by atoms with van der Waals surface area (Å²) in [6.07, 6.45) is 0. The fourth-order valence-electron chi connectivity index (χ4n) is 1.85. The van der Waals surface area contributed by atoms with Crippen LogP contribution in [-0.4, -0.2) is 15.7 Å². The molecule has 1 heterocycles. The number of nitrogens with zero attached hydrogens (tertiary/aromatic N) is 2. The van der Waals surface area contributed by atoms with Gasteiger partial charge in [0.15, 0.2) is 0 Å². The average Bonchev–Trinajstić information content (AvgIpc) is 2.52. The van der Waals surface area contributed by atoms with E-state index in [0.29, 0.717) is 6.54 Å². The summed E-state index contributed by atoms with van der Waals surface area (Å²) in [5.74, 6) is 0. The van der Waals surface area contributed by atoms with Crippen molar-refractivity contribution < 1.29 is 0 Å². The number of aryl methyl sites for hydroxylation is 1. The summed E-state index contributed by atoms with van der Waals surface area (Å²) in [4.78, 5) is 12.0. The molecule has 0 aliphatic rings. The van der Waals surface area contributed by atoms with Crippen molar-refractivity contribution in [1.82, 2.24) is 9.13 Å². The number of fused-ring (bicyclic) bond motifs is 1. The van der Waals surface area contributed by atoms with Crippen LogP contribution < -0.4 is 11.4 Å². The van der Waals surface area contributed by atoms with Crippen LogP contribution in [-0.2, 0) is 7.05 Å². The van der Waals surface area contributed by atoms with Gasteiger partial charge in [-0.2, -0.15) is 0 Å². The average molecular weight is 205 g/mol. The van der Waals surface area contributed by atoms with Crippen molar-refractivity contribution in [2.24, 2.45) is 12.8 Å². The molecule has 0 saturated carbocycles. The highest BCUT2D eigenvalue weighted by Gasteiger charge is 2.13. The Bertz CT molecular complexity index is 538. The number of hydrogen-bond acceptors (Lipinski definition) is 2. The molecule has 2 aromatic rings. The highest BCUT2D eigenvalue weighted by atomic mass is 16.1. The molecular formula is C11H15N3O. The Hall–Kier alpha value is -1.55. The first kappa shape index (κ1) is 9.98. The lowest BCUT2D eigenvalue weighted by Gasteiger charge is -2.09. The molecular weight excluding hydrogens is 190 g/mol. The maximum Gasteiger partial charge on any atom is 0.329 e. The van der Waals surface area contributed by atoms with E-state index in [1.54, 1.807) is 16.2 Å². The molecule has 1 aromatic heterocycles. The molecule has 0 aliphatic heterocycles. The van der Waals surface area contributed by atoms with Gasteiger partial charge < -0.3 is 5.73 Å². The number of imidazole rings is 1. The third kappa shape index (κ3) is 1.37. The normalized spacial score (nSPS) is 13.3. The summed E-state index contributed by atoms with van der Waals surface area (Å²) in [7, 11) is 1.78. The minimum atomic E-state index is -0.00542. The molecule has 0 fully saturated rings. The number of rotatable bonds is 2. The van der Waals surface area contributed by atoms with Gasteiger partial charge in [0.2, 0.25) is 0 Å². The highest BCUT2D eigenvalue weighted by molar-refractivity contribution is 5.76. The minimum Gasteiger partial charge on any atom is -0.328 e. The van der Waals surface area contributed by atoms with Crippen molar-refractivity contribution >= 4 is 11.0 Å². The highest BCUT2D eigenvalue weighted by Crippen LogP contribution is 2.15. The summed E-state index contributed by atoms with van der Waals surface area (Å²) in [5.41, 5.74) is 7.49. The fraction of sp³-hybridized carbons (Fsp3) is 0.364. The van der Waals surface area contributed by atoms with Crippen LogP contribution in [0.15, 0.2) is 29.1 Å². The summed E-state index contributed by atoms with van der Waals surface area (Å²) in [6.45, 7) is 2.42. The van der Waals surface area contributed by atoms with Crippen LogP contribution in [0.3, 0.4) is 0 Å². The maximum atomic E-state index is 12.0. The standard InChI is InChI=1S/C11H15N3O/c1-8(7-12)14-10-6-4-3-5-9(10)13(2)11(14)15/h3-6,8H,7,12H2,1-2H3. The monoisotopic (exact) mass is 205 g/mol. The molecule has 0 spiro atoms. The first-order chi connectivity index (χ1) is 7.16. The van der Waals surface area contributed by atoms with E-state index in [2.05, 4.69) is 0 Å². The van der Waals surface area contributed by atoms with E-state index in [4.69, 9.17) is 5.73 Å². The van der Waals surface area contributed by atoms with E-state index in [9.17, 15) is 4.79 Å². The second-order valence-electron chi connectivity index (χ2n) is 3.79. The number of para-hydroxylation sites is 2. The van der Waals surface area contributed by atoms with Crippen molar-refractivity contribution in [3.05, 3.63) is 34.7 Å². The lowest BCUT2D eigenvalue weighted by atomic mass is 10.3. The molecule has 4 nitrogen and oxygen atoms in total. The van der Waals surface area contributed by atoms with Gasteiger partial charge in [-0.1, -0.05) is 12.1 Å². The minimum absolute atomic E-state index is 0.00542. The van der Waals surface area contributed by atoms with Gasteiger partial charge in [0.05, 0.1) is 11.0 Å². The predicted octanol–water partition coefficient (Wildman–Crippen LogP) is 0.860. The van der Waals surface area contributed by atoms with E-state index >= 15 is 0 Å². The molecule has 4 heteroatoms. The van der Waals surface area contributed by atoms with Gasteiger partial charge in [-0.25, -0.2) is 4.79 Å². The lowest BCUT2D eigenvalue weighted by Crippen LogP contribution is -2.28. The van der Waals surface area contributed by atoms with Crippen LogP contribution >= 0.6 is 0 Å². The van der Waals surface area contributed by atoms with Crippen molar-refractivity contribution in [2.75, 3.05) is 6.54 Å². The van der Waals surface area contributed by atoms with Crippen molar-refractivity contribution in [2.45, 2.75) is 13.0 Å². The maximum absolute atomic E-state index is 12.0. The summed E-state index contributed by atoms with van der Waals surface area (Å²) < 4.78 is 3.40. The third-order valence-corrected chi connectivity index (χ3v) is 2.78. The van der Waals surface area contributed by atoms with Gasteiger partial charge in [-0.15, -0.1) is 0 Å². The van der Waals surface area contributed by atoms with Crippen LogP contribution in [0, 0.1) is 0 Å². The molecule has 15 heavy (non-hydrogen) atoms. The molecule has 2 rings (SSSR count). The van der Waals surface area contributed by atoms with Crippen LogP contribution in [0.25, 0.3) is 11.0 Å². The largest absolute Gasteiger partial charge is 0.329 e. The molecule has 2 N–H and O–H groups in total. The van der Waals surface area contributed by atoms with E-state index in [-0.39, 0.29) is 11.7 Å². The molecule has 0 aliphatic carbocycles. The second-order valence-corrected chi connectivity index (χ2v) is 3.79. The van der Waals surface area contributed by atoms with Crippen LogP contribution in [0.1, 0.15) is 13.0 Å². The van der Waals surface area contributed by atoms with Gasteiger partial charge in [-0.3, -0.25) is 9.13 Å². The Morgan fingerprint density at radius 2 is 1.93 bits per heavy atom. The number of aromatic nitrogens is 2. The molecule has 0 radical (unpaired) electrons. The Morgan fingerprint density at radius 3 is 2.53 bits per heavy atom. The predicted molar refractivity (Wildman–Crippen MR) is 60.9 cm³/mol. The van der Waals surface area contributed by atoms with Gasteiger partial charge >= 0.3 is 5.69 Å². The molecule has 1 aromatic carbocycles. The Morgan fingerprint density at radius 1 is 1.33 bits per heavy atom. The van der Waals surface area contributed by atoms with E-state index < -0.39 is 0 Å². The number of hydrogen-bond donors (Lipinski definition) is 1. The van der Waals surface area contributed by atoms with Crippen molar-refractivity contribution in [3.63, 3.8) is 0 Å². The van der Waals surface area contributed by atoms with Gasteiger partial charge in [-0.05, 0) is 19.1 Å². The van der Waals surface area contributed by atoms with E-state index in [1.165, 1.54) is 0 Å². The molecule has 0 saturated heterocycles. The molecule has 0 bridgehead atoms. The van der Waals surface area contributed by atoms with Crippen LogP contribution in [0.5, 0.6) is 0 Å². The summed E-state index contributed by atoms with van der Waals surface area (Å²) in [5, 5.41) is 0. The number of nitrogens with two attached hydrogens (primary N) is 1. The molecule has 0 amide bonds. The van der Waals surface area contributed by atoms with Gasteiger partial charge in [0.1, 0.15) is 0 Å². The molecule has 80 valence electrons. The Kier molecular flexibility index (Phi) is 2.36. The quantitative estimate of drug-likeness (QED) is 0.790. The summed E-state index contributed by atoms with van der Waals surface area (Å²) in [6, 6.07) is 7.78. The third-order valence-electron chi connectivity index (χ3n) is 2.78. The van der Waals surface area contributed by atoms with E-state index in [0.717, 1.165) is 11.0 Å². The first-order valence-corrected chi connectivity index (χ1v) is 5.03. The van der Waals surface area contributed by atoms with Gasteiger partial charge in [0.25, 0.3) is 0 Å². The van der Waals surface area contributed by atoms with Gasteiger partial charge in [0, 0.05) is 19.6 Å². The summed E-state index contributed by atoms with van der Waals surface area (Å²) >= 11 is 0. The smallest absolute Gasteiger partial charge is 0.328 e. The lowest BCUT2D eigenvalue weighted by molar-refractivity contribution is 0.546. The zero-order valence-corrected chi connectivity index (χ0v) is 8.97. The fourth-order valence-corrected chi connectivity index (χ4v) is 1.85. The first-order valence-electron chi connectivity index (χ1n) is 5.03. The number of benzene rings is 1. The van der Waals surface area contributed by atoms with E-state index in [1.807, 2.05) is 31.2 Å². The van der Waals surface area contributed by atoms with Crippen LogP contribution in [0.4, 0.5) is 0 Å². The molecule has 1 unspecified atom stereocenters. The Balaban J connectivity index is 2.84. The topological polar surface area (TPSA) is 52.9 Å². The van der Waals surface area contributed by atoms with Crippen molar-refractivity contribution in [3.8, 4) is 0 Å². The zero-order valence-electron chi connectivity index (χ0n) is 8.97. The van der Waals surface area contributed by atoms with Crippen LogP contribution in [0.2, 0.25) is 0 Å². The second kappa shape index (κ2) is 3.55. The zero-order chi connectivity index (χ0) is 11.0. The molecule has 1 atom stereocenters. The Labute approximate surface area is 87.9 Å². The SMILES string of the molecule is CC(CN)n1c(=O)n(C)c2ccccc21.